The maximum atomic E-state index is 12.1. The number of hydrogen-bond acceptors (Lipinski definition) is 6. The molecule has 0 atom stereocenters. The molecule has 2 aromatic carbocycles. The number of hydrogen-bond donors (Lipinski definition) is 1. The Hall–Kier alpha value is -1.77. The van der Waals surface area contributed by atoms with E-state index in [1.54, 1.807) is 19.1 Å². The van der Waals surface area contributed by atoms with E-state index in [9.17, 15) is 17.8 Å². The van der Waals surface area contributed by atoms with Gasteiger partial charge in [0.15, 0.2) is 0 Å². The van der Waals surface area contributed by atoms with Gasteiger partial charge in [-0.15, -0.1) is 0 Å². The first-order valence-electron chi connectivity index (χ1n) is 7.08. The first kappa shape index (κ1) is 19.6. The molecule has 0 aliphatic heterocycles. The van der Waals surface area contributed by atoms with Gasteiger partial charge in [0.1, 0.15) is 15.8 Å². The standard InChI is InChI=1S/C17H14N2O4S.Na/c1-11-10-13(24(21,22)23)7-8-15(11)18-19-17-14-5-3-2-4-12(14)6-9-16(17)20;/h2-10,18H,1H3,(H,21,22,23);/q;+1/p-1/b19-17+;. The number of benzene rings is 2. The first-order valence-corrected chi connectivity index (χ1v) is 8.49. The van der Waals surface area contributed by atoms with Crippen LogP contribution in [0.5, 0.6) is 0 Å². The topological polar surface area (TPSA) is 98.7 Å². The average Bonchev–Trinajstić information content (AvgIpc) is 2.54. The van der Waals surface area contributed by atoms with Crippen molar-refractivity contribution in [2.45, 2.75) is 11.8 Å². The normalized spacial score (nSPS) is 14.8. The summed E-state index contributed by atoms with van der Waals surface area (Å²) in [5, 5.41) is 4.17. The zero-order valence-electron chi connectivity index (χ0n) is 13.7. The fourth-order valence-electron chi connectivity index (χ4n) is 2.38. The van der Waals surface area contributed by atoms with E-state index in [0.29, 0.717) is 16.8 Å². The van der Waals surface area contributed by atoms with E-state index < -0.39 is 10.1 Å². The number of carbonyl (C=O) groups is 1. The van der Waals surface area contributed by atoms with Crippen molar-refractivity contribution in [3.63, 3.8) is 0 Å². The van der Waals surface area contributed by atoms with Crippen molar-refractivity contribution in [2.75, 3.05) is 5.43 Å². The maximum absolute atomic E-state index is 12.1. The Morgan fingerprint density at radius 3 is 2.48 bits per heavy atom. The van der Waals surface area contributed by atoms with Gasteiger partial charge in [-0.1, -0.05) is 30.3 Å². The molecule has 3 rings (SSSR count). The molecule has 0 heterocycles. The summed E-state index contributed by atoms with van der Waals surface area (Å²) in [6.45, 7) is 1.65. The molecule has 8 heteroatoms. The molecule has 1 aliphatic rings. The Labute approximate surface area is 167 Å². The zero-order valence-corrected chi connectivity index (χ0v) is 16.5. The fraction of sp³-hybridized carbons (Fsp3) is 0.0588. The van der Waals surface area contributed by atoms with Crippen molar-refractivity contribution in [2.24, 2.45) is 5.10 Å². The third-order valence-corrected chi connectivity index (χ3v) is 4.47. The number of anilines is 1. The molecule has 2 aromatic rings. The molecular formula is C17H13N2NaO4S. The Morgan fingerprint density at radius 1 is 1.08 bits per heavy atom. The summed E-state index contributed by atoms with van der Waals surface area (Å²) in [6, 6.07) is 11.3. The van der Waals surface area contributed by atoms with Crippen LogP contribution >= 0.6 is 0 Å². The molecule has 0 aromatic heterocycles. The van der Waals surface area contributed by atoms with Gasteiger partial charge in [-0.3, -0.25) is 10.2 Å². The quantitative estimate of drug-likeness (QED) is 0.442. The summed E-state index contributed by atoms with van der Waals surface area (Å²) in [4.78, 5) is 11.8. The number of allylic oxidation sites excluding steroid dienone is 1. The molecule has 0 amide bonds. The molecule has 0 fully saturated rings. The first-order chi connectivity index (χ1) is 11.4. The number of nitrogens with zero attached hydrogens (tertiary/aromatic N) is 1. The Balaban J connectivity index is 0.00000225. The summed E-state index contributed by atoms with van der Waals surface area (Å²) in [5.74, 6) is -0.224. The van der Waals surface area contributed by atoms with Gasteiger partial charge in [-0.05, 0) is 42.3 Å². The van der Waals surface area contributed by atoms with Crippen LogP contribution in [0.3, 0.4) is 0 Å². The molecule has 1 N–H and O–H groups in total. The molecule has 0 saturated carbocycles. The molecule has 0 saturated heterocycles. The van der Waals surface area contributed by atoms with E-state index in [-0.39, 0.29) is 45.9 Å². The van der Waals surface area contributed by atoms with Crippen LogP contribution in [0.4, 0.5) is 5.69 Å². The summed E-state index contributed by atoms with van der Waals surface area (Å²) < 4.78 is 33.1. The summed E-state index contributed by atoms with van der Waals surface area (Å²) in [7, 11) is -4.50. The van der Waals surface area contributed by atoms with Crippen molar-refractivity contribution in [1.29, 1.82) is 0 Å². The van der Waals surface area contributed by atoms with E-state index in [1.807, 2.05) is 18.2 Å². The number of carbonyl (C=O) groups excluding carboxylic acids is 1. The van der Waals surface area contributed by atoms with Crippen molar-refractivity contribution >= 4 is 33.4 Å². The monoisotopic (exact) mass is 364 g/mol. The minimum Gasteiger partial charge on any atom is -0.744 e. The van der Waals surface area contributed by atoms with Crippen LogP contribution in [0.2, 0.25) is 0 Å². The van der Waals surface area contributed by atoms with Crippen LogP contribution in [0, 0.1) is 6.92 Å². The zero-order chi connectivity index (χ0) is 17.3. The number of nitrogens with one attached hydrogen (secondary N) is 1. The van der Waals surface area contributed by atoms with Crippen molar-refractivity contribution < 1.29 is 47.3 Å². The van der Waals surface area contributed by atoms with Crippen LogP contribution in [0.25, 0.3) is 6.08 Å². The third-order valence-electron chi connectivity index (χ3n) is 3.64. The second-order valence-electron chi connectivity index (χ2n) is 5.29. The van der Waals surface area contributed by atoms with Crippen molar-refractivity contribution in [3.8, 4) is 0 Å². The van der Waals surface area contributed by atoms with Crippen molar-refractivity contribution in [1.82, 2.24) is 0 Å². The molecule has 122 valence electrons. The van der Waals surface area contributed by atoms with Crippen LogP contribution in [0.1, 0.15) is 16.7 Å². The van der Waals surface area contributed by atoms with E-state index in [1.165, 1.54) is 24.3 Å². The Morgan fingerprint density at radius 2 is 1.80 bits per heavy atom. The summed E-state index contributed by atoms with van der Waals surface area (Å²) in [5.41, 5.74) is 5.69. The molecule has 0 bridgehead atoms. The molecule has 0 unspecified atom stereocenters. The summed E-state index contributed by atoms with van der Waals surface area (Å²) >= 11 is 0. The number of rotatable bonds is 3. The van der Waals surface area contributed by atoms with Gasteiger partial charge < -0.3 is 4.55 Å². The summed E-state index contributed by atoms with van der Waals surface area (Å²) in [6.07, 6.45) is 3.18. The van der Waals surface area contributed by atoms with Crippen LogP contribution in [-0.2, 0) is 14.9 Å². The predicted molar refractivity (Wildman–Crippen MR) is 89.8 cm³/mol. The van der Waals surface area contributed by atoms with E-state index in [4.69, 9.17) is 0 Å². The average molecular weight is 364 g/mol. The van der Waals surface area contributed by atoms with Crippen LogP contribution < -0.4 is 35.0 Å². The number of hydrazone groups is 1. The van der Waals surface area contributed by atoms with Crippen LogP contribution in [0.15, 0.2) is 58.5 Å². The number of aryl methyl sites for hydroxylation is 1. The second-order valence-corrected chi connectivity index (χ2v) is 6.67. The third kappa shape index (κ3) is 4.26. The minimum atomic E-state index is -4.50. The van der Waals surface area contributed by atoms with Crippen LogP contribution in [-0.4, -0.2) is 24.5 Å². The van der Waals surface area contributed by atoms with Gasteiger partial charge in [0.05, 0.1) is 10.6 Å². The minimum absolute atomic E-state index is 0. The Bertz CT molecular complexity index is 997. The largest absolute Gasteiger partial charge is 1.00 e. The van der Waals surface area contributed by atoms with E-state index in [2.05, 4.69) is 10.5 Å². The molecule has 1 aliphatic carbocycles. The van der Waals surface area contributed by atoms with Gasteiger partial charge in [0, 0.05) is 5.56 Å². The molecule has 25 heavy (non-hydrogen) atoms. The SMILES string of the molecule is Cc1cc(S(=O)(=O)[O-])ccc1N/N=C1/C(=O)C=Cc2ccccc21.[Na+]. The molecule has 6 nitrogen and oxygen atoms in total. The smallest absolute Gasteiger partial charge is 0.744 e. The van der Waals surface area contributed by atoms with Gasteiger partial charge >= 0.3 is 29.6 Å². The molecular weight excluding hydrogens is 351 g/mol. The maximum Gasteiger partial charge on any atom is 1.00 e. The van der Waals surface area contributed by atoms with Gasteiger partial charge in [0.25, 0.3) is 0 Å². The van der Waals surface area contributed by atoms with Gasteiger partial charge in [-0.25, -0.2) is 8.42 Å². The molecule has 0 spiro atoms. The Kier molecular flexibility index (Phi) is 5.97. The molecule has 0 radical (unpaired) electrons. The second kappa shape index (κ2) is 7.63. The van der Waals surface area contributed by atoms with E-state index >= 15 is 0 Å². The van der Waals surface area contributed by atoms with E-state index in [0.717, 1.165) is 5.56 Å². The number of fused-ring (bicyclic) bond motifs is 1. The predicted octanol–water partition coefficient (Wildman–Crippen LogP) is -0.685. The fourth-order valence-corrected chi connectivity index (χ4v) is 2.94. The van der Waals surface area contributed by atoms with Gasteiger partial charge in [-0.2, -0.15) is 5.10 Å². The van der Waals surface area contributed by atoms with Crippen molar-refractivity contribution in [3.05, 3.63) is 65.2 Å². The van der Waals surface area contributed by atoms with Gasteiger partial charge in [0.2, 0.25) is 5.78 Å². The number of ketones is 1.